The molecule has 0 aliphatic carbocycles. The Morgan fingerprint density at radius 2 is 2.08 bits per heavy atom. The van der Waals surface area contributed by atoms with Gasteiger partial charge in [0.15, 0.2) is 0 Å². The van der Waals surface area contributed by atoms with Crippen molar-refractivity contribution >= 4 is 40.3 Å². The molecule has 2 aromatic rings. The number of aromatic nitrogens is 2. The zero-order valence-corrected chi connectivity index (χ0v) is 15.8. The number of benzene rings is 1. The lowest BCUT2D eigenvalue weighted by Crippen LogP contribution is -2.43. The van der Waals surface area contributed by atoms with Crippen molar-refractivity contribution < 1.29 is 9.59 Å². The standard InChI is InChI=1S/C18H25N5O2S/c1-2-3-9-19-18(25)13-7-10-23(11-8-13)12-16(24)20-14-5-4-6-15-17(14)22-26-21-15/h4-6,13H,2-3,7-12H2,1H3,(H,19,25)(H,20,24). The Morgan fingerprint density at radius 3 is 2.85 bits per heavy atom. The van der Waals surface area contributed by atoms with Crippen molar-refractivity contribution in [2.24, 2.45) is 5.92 Å². The molecule has 0 bridgehead atoms. The number of piperidine rings is 1. The van der Waals surface area contributed by atoms with Crippen LogP contribution in [0.15, 0.2) is 18.2 Å². The van der Waals surface area contributed by atoms with Gasteiger partial charge in [0.25, 0.3) is 0 Å². The van der Waals surface area contributed by atoms with Gasteiger partial charge in [0, 0.05) is 12.5 Å². The second-order valence-corrected chi connectivity index (χ2v) is 7.21. The molecule has 2 heterocycles. The zero-order chi connectivity index (χ0) is 18.4. The number of rotatable bonds is 7. The highest BCUT2D eigenvalue weighted by Crippen LogP contribution is 2.21. The molecule has 2 N–H and O–H groups in total. The first-order valence-electron chi connectivity index (χ1n) is 9.18. The molecule has 0 radical (unpaired) electrons. The Bertz CT molecular complexity index is 755. The summed E-state index contributed by atoms with van der Waals surface area (Å²) in [7, 11) is 0. The summed E-state index contributed by atoms with van der Waals surface area (Å²) in [5.74, 6) is 0.169. The minimum absolute atomic E-state index is 0.0589. The number of hydrogen-bond donors (Lipinski definition) is 2. The summed E-state index contributed by atoms with van der Waals surface area (Å²) in [5, 5.41) is 5.94. The van der Waals surface area contributed by atoms with Gasteiger partial charge in [-0.1, -0.05) is 19.4 Å². The van der Waals surface area contributed by atoms with E-state index in [1.165, 1.54) is 0 Å². The third-order valence-electron chi connectivity index (χ3n) is 4.72. The average Bonchev–Trinajstić information content (AvgIpc) is 3.12. The second kappa shape index (κ2) is 9.05. The number of fused-ring (bicyclic) bond motifs is 1. The molecule has 0 unspecified atom stereocenters. The highest BCUT2D eigenvalue weighted by Gasteiger charge is 2.25. The van der Waals surface area contributed by atoms with Crippen molar-refractivity contribution in [2.45, 2.75) is 32.6 Å². The van der Waals surface area contributed by atoms with Crippen molar-refractivity contribution in [3.8, 4) is 0 Å². The molecule has 0 spiro atoms. The third-order valence-corrected chi connectivity index (χ3v) is 5.26. The Kier molecular flexibility index (Phi) is 6.51. The fraction of sp³-hybridized carbons (Fsp3) is 0.556. The SMILES string of the molecule is CCCCNC(=O)C1CCN(CC(=O)Nc2cccc3nsnc23)CC1. The van der Waals surface area contributed by atoms with E-state index in [1.54, 1.807) is 0 Å². The van der Waals surface area contributed by atoms with E-state index in [-0.39, 0.29) is 17.7 Å². The van der Waals surface area contributed by atoms with Gasteiger partial charge in [-0.2, -0.15) is 8.75 Å². The summed E-state index contributed by atoms with van der Waals surface area (Å²) in [5.41, 5.74) is 2.22. The van der Waals surface area contributed by atoms with Crippen LogP contribution in [-0.4, -0.2) is 51.6 Å². The van der Waals surface area contributed by atoms with Crippen LogP contribution in [-0.2, 0) is 9.59 Å². The largest absolute Gasteiger partial charge is 0.356 e. The molecule has 1 aromatic carbocycles. The predicted molar refractivity (Wildman–Crippen MR) is 103 cm³/mol. The first kappa shape index (κ1) is 18.7. The first-order chi connectivity index (χ1) is 12.7. The molecule has 1 fully saturated rings. The van der Waals surface area contributed by atoms with E-state index in [2.05, 4.69) is 31.2 Å². The number of anilines is 1. The van der Waals surface area contributed by atoms with E-state index < -0.39 is 0 Å². The predicted octanol–water partition coefficient (Wildman–Crippen LogP) is 2.26. The lowest BCUT2D eigenvalue weighted by atomic mass is 9.96. The summed E-state index contributed by atoms with van der Waals surface area (Å²) >= 11 is 1.14. The molecule has 0 saturated carbocycles. The number of nitrogens with zero attached hydrogens (tertiary/aromatic N) is 3. The fourth-order valence-corrected chi connectivity index (χ4v) is 3.74. The fourth-order valence-electron chi connectivity index (χ4n) is 3.19. The lowest BCUT2D eigenvalue weighted by molar-refractivity contribution is -0.126. The van der Waals surface area contributed by atoms with Gasteiger partial charge in [0.2, 0.25) is 11.8 Å². The number of likely N-dealkylation sites (tertiary alicyclic amines) is 1. The van der Waals surface area contributed by atoms with Crippen LogP contribution in [0.2, 0.25) is 0 Å². The van der Waals surface area contributed by atoms with Crippen molar-refractivity contribution in [1.29, 1.82) is 0 Å². The quantitative estimate of drug-likeness (QED) is 0.725. The summed E-state index contributed by atoms with van der Waals surface area (Å²) in [6, 6.07) is 5.58. The molecule has 1 aliphatic rings. The van der Waals surface area contributed by atoms with E-state index in [0.29, 0.717) is 12.2 Å². The van der Waals surface area contributed by atoms with Crippen LogP contribution in [0, 0.1) is 5.92 Å². The molecule has 1 aromatic heterocycles. The van der Waals surface area contributed by atoms with Crippen molar-refractivity contribution in [2.75, 3.05) is 31.5 Å². The van der Waals surface area contributed by atoms with Gasteiger partial charge in [-0.15, -0.1) is 0 Å². The van der Waals surface area contributed by atoms with Crippen molar-refractivity contribution in [1.82, 2.24) is 19.0 Å². The molecule has 8 heteroatoms. The highest BCUT2D eigenvalue weighted by atomic mass is 32.1. The summed E-state index contributed by atoms with van der Waals surface area (Å²) in [6.45, 7) is 4.73. The van der Waals surface area contributed by atoms with E-state index in [9.17, 15) is 9.59 Å². The topological polar surface area (TPSA) is 87.2 Å². The van der Waals surface area contributed by atoms with Crippen LogP contribution >= 0.6 is 11.7 Å². The second-order valence-electron chi connectivity index (χ2n) is 6.68. The van der Waals surface area contributed by atoms with Crippen LogP contribution in [0.5, 0.6) is 0 Å². The Hall–Kier alpha value is -2.06. The van der Waals surface area contributed by atoms with Crippen LogP contribution in [0.4, 0.5) is 5.69 Å². The zero-order valence-electron chi connectivity index (χ0n) is 15.0. The number of amides is 2. The first-order valence-corrected chi connectivity index (χ1v) is 9.91. The number of nitrogens with one attached hydrogen (secondary N) is 2. The Balaban J connectivity index is 1.45. The smallest absolute Gasteiger partial charge is 0.238 e. The molecular formula is C18H25N5O2S. The molecule has 2 amide bonds. The minimum Gasteiger partial charge on any atom is -0.356 e. The van der Waals surface area contributed by atoms with Gasteiger partial charge in [-0.25, -0.2) is 0 Å². The van der Waals surface area contributed by atoms with Gasteiger partial charge < -0.3 is 10.6 Å². The maximum Gasteiger partial charge on any atom is 0.238 e. The molecular weight excluding hydrogens is 350 g/mol. The maximum absolute atomic E-state index is 12.4. The van der Waals surface area contributed by atoms with Crippen LogP contribution in [0.1, 0.15) is 32.6 Å². The van der Waals surface area contributed by atoms with Gasteiger partial charge in [-0.05, 0) is 44.5 Å². The monoisotopic (exact) mass is 375 g/mol. The van der Waals surface area contributed by atoms with Crippen molar-refractivity contribution in [3.05, 3.63) is 18.2 Å². The summed E-state index contributed by atoms with van der Waals surface area (Å²) in [6.07, 6.45) is 3.71. The van der Waals surface area contributed by atoms with Gasteiger partial charge in [-0.3, -0.25) is 14.5 Å². The molecule has 7 nitrogen and oxygen atoms in total. The van der Waals surface area contributed by atoms with E-state index >= 15 is 0 Å². The number of unbranched alkanes of at least 4 members (excludes halogenated alkanes) is 1. The number of hydrogen-bond acceptors (Lipinski definition) is 6. The Labute approximate surface area is 157 Å². The Morgan fingerprint density at radius 1 is 1.27 bits per heavy atom. The van der Waals surface area contributed by atoms with Gasteiger partial charge in [0.05, 0.1) is 24.0 Å². The highest BCUT2D eigenvalue weighted by molar-refractivity contribution is 7.00. The summed E-state index contributed by atoms with van der Waals surface area (Å²) < 4.78 is 8.42. The molecule has 1 aliphatic heterocycles. The van der Waals surface area contributed by atoms with Gasteiger partial charge in [0.1, 0.15) is 11.0 Å². The van der Waals surface area contributed by atoms with Crippen LogP contribution < -0.4 is 10.6 Å². The van der Waals surface area contributed by atoms with Crippen LogP contribution in [0.3, 0.4) is 0 Å². The molecule has 26 heavy (non-hydrogen) atoms. The minimum atomic E-state index is -0.0589. The number of carbonyl (C=O) groups excluding carboxylic acids is 2. The normalized spacial score (nSPS) is 15.9. The maximum atomic E-state index is 12.4. The van der Waals surface area contributed by atoms with E-state index in [0.717, 1.165) is 68.1 Å². The van der Waals surface area contributed by atoms with Gasteiger partial charge >= 0.3 is 0 Å². The molecule has 1 saturated heterocycles. The third kappa shape index (κ3) is 4.76. The van der Waals surface area contributed by atoms with E-state index in [1.807, 2.05) is 18.2 Å². The summed E-state index contributed by atoms with van der Waals surface area (Å²) in [4.78, 5) is 26.6. The van der Waals surface area contributed by atoms with Crippen molar-refractivity contribution in [3.63, 3.8) is 0 Å². The lowest BCUT2D eigenvalue weighted by Gasteiger charge is -2.30. The average molecular weight is 375 g/mol. The molecule has 140 valence electrons. The number of carbonyl (C=O) groups is 2. The van der Waals surface area contributed by atoms with E-state index in [4.69, 9.17) is 0 Å². The molecule has 3 rings (SSSR count). The van der Waals surface area contributed by atoms with Crippen LogP contribution in [0.25, 0.3) is 11.0 Å². The molecule has 0 atom stereocenters.